The molecule has 6 heteroatoms. The highest BCUT2D eigenvalue weighted by Crippen LogP contribution is 2.42. The molecule has 2 N–H and O–H groups in total. The van der Waals surface area contributed by atoms with E-state index in [0.717, 1.165) is 57.6 Å². The fourth-order valence-corrected chi connectivity index (χ4v) is 6.94. The molecule has 6 aromatic rings. The molecular formula is C41H39N2O4+. The molecule has 0 amide bonds. The molecule has 1 aliphatic rings. The van der Waals surface area contributed by atoms with E-state index in [2.05, 4.69) is 101 Å². The smallest absolute Gasteiger partial charge is 0.285 e. The van der Waals surface area contributed by atoms with Crippen molar-refractivity contribution >= 4 is 16.7 Å². The van der Waals surface area contributed by atoms with Crippen LogP contribution >= 0.6 is 0 Å². The number of hydrogen-bond acceptors (Lipinski definition) is 5. The van der Waals surface area contributed by atoms with Crippen LogP contribution in [0.15, 0.2) is 109 Å². The second-order valence-electron chi connectivity index (χ2n) is 12.1. The van der Waals surface area contributed by atoms with Gasteiger partial charge in [-0.25, -0.2) is 4.57 Å². The summed E-state index contributed by atoms with van der Waals surface area (Å²) in [5.41, 5.74) is 11.6. The van der Waals surface area contributed by atoms with Gasteiger partial charge in [0.1, 0.15) is 18.6 Å². The van der Waals surface area contributed by atoms with Crippen LogP contribution in [0.25, 0.3) is 44.3 Å². The monoisotopic (exact) mass is 623 g/mol. The largest absolute Gasteiger partial charge is 0.493 e. The molecule has 0 aliphatic carbocycles. The van der Waals surface area contributed by atoms with Gasteiger partial charge >= 0.3 is 0 Å². The molecule has 0 saturated carbocycles. The highest BCUT2D eigenvalue weighted by molar-refractivity contribution is 5.89. The van der Waals surface area contributed by atoms with Crippen molar-refractivity contribution < 1.29 is 24.3 Å². The summed E-state index contributed by atoms with van der Waals surface area (Å²) < 4.78 is 14.0. The molecule has 0 bridgehead atoms. The zero-order chi connectivity index (χ0) is 32.5. The fraction of sp³-hybridized carbons (Fsp3) is 0.195. The van der Waals surface area contributed by atoms with Gasteiger partial charge in [-0.15, -0.1) is 0 Å². The number of rotatable bonds is 9. The van der Waals surface area contributed by atoms with E-state index >= 15 is 0 Å². The number of aliphatic hydroxyl groups is 2. The Bertz CT molecular complexity index is 2020. The van der Waals surface area contributed by atoms with Crippen LogP contribution in [0.4, 0.5) is 5.82 Å². The van der Waals surface area contributed by atoms with Crippen LogP contribution in [0.5, 0.6) is 11.5 Å². The van der Waals surface area contributed by atoms with Crippen molar-refractivity contribution in [3.05, 3.63) is 131 Å². The predicted molar refractivity (Wildman–Crippen MR) is 188 cm³/mol. The van der Waals surface area contributed by atoms with Crippen molar-refractivity contribution in [2.24, 2.45) is 0 Å². The second-order valence-corrected chi connectivity index (χ2v) is 12.1. The van der Waals surface area contributed by atoms with E-state index in [1.54, 1.807) is 14.2 Å². The third kappa shape index (κ3) is 5.71. The average Bonchev–Trinajstić information content (AvgIpc) is 3.52. The Morgan fingerprint density at radius 1 is 0.638 bits per heavy atom. The maximum Gasteiger partial charge on any atom is 0.285 e. The molecule has 0 spiro atoms. The van der Waals surface area contributed by atoms with E-state index < -0.39 is 0 Å². The molecule has 0 fully saturated rings. The van der Waals surface area contributed by atoms with Crippen molar-refractivity contribution in [1.29, 1.82) is 0 Å². The Balaban J connectivity index is 1.45. The summed E-state index contributed by atoms with van der Waals surface area (Å²) in [6.07, 6.45) is 0.669. The summed E-state index contributed by atoms with van der Waals surface area (Å²) in [5.74, 6) is 2.46. The van der Waals surface area contributed by atoms with E-state index in [0.29, 0.717) is 17.9 Å². The van der Waals surface area contributed by atoms with Crippen LogP contribution in [0.1, 0.15) is 22.3 Å². The normalized spacial score (nSPS) is 12.4. The second kappa shape index (κ2) is 12.9. The Hall–Kier alpha value is -5.17. The van der Waals surface area contributed by atoms with Crippen LogP contribution < -0.4 is 18.9 Å². The first-order valence-electron chi connectivity index (χ1n) is 16.0. The highest BCUT2D eigenvalue weighted by Gasteiger charge is 2.32. The van der Waals surface area contributed by atoms with Gasteiger partial charge in [0.15, 0.2) is 11.5 Å². The molecule has 7 rings (SSSR count). The topological polar surface area (TPSA) is 66.0 Å². The zero-order valence-electron chi connectivity index (χ0n) is 27.0. The summed E-state index contributed by atoms with van der Waals surface area (Å²) in [6.45, 7) is 1.43. The molecule has 1 aromatic heterocycles. The van der Waals surface area contributed by atoms with Crippen molar-refractivity contribution in [2.45, 2.75) is 26.2 Å². The van der Waals surface area contributed by atoms with E-state index in [9.17, 15) is 10.2 Å². The Kier molecular flexibility index (Phi) is 8.37. The summed E-state index contributed by atoms with van der Waals surface area (Å²) >= 11 is 0. The number of likely N-dealkylation sites (N-methyl/N-ethyl adjacent to an activating group) is 1. The number of aliphatic hydroxyl groups excluding tert-OH is 2. The Labute approximate surface area is 275 Å². The number of hydrogen-bond donors (Lipinski definition) is 2. The van der Waals surface area contributed by atoms with Crippen molar-refractivity contribution in [1.82, 2.24) is 0 Å². The molecular weight excluding hydrogens is 584 g/mol. The minimum Gasteiger partial charge on any atom is -0.493 e. The molecule has 5 aromatic carbocycles. The van der Waals surface area contributed by atoms with Crippen molar-refractivity contribution in [2.75, 3.05) is 32.7 Å². The summed E-state index contributed by atoms with van der Waals surface area (Å²) in [5, 5.41) is 21.2. The van der Waals surface area contributed by atoms with E-state index in [4.69, 9.17) is 9.47 Å². The van der Waals surface area contributed by atoms with Crippen LogP contribution in [0.3, 0.4) is 0 Å². The predicted octanol–water partition coefficient (Wildman–Crippen LogP) is 7.17. The molecule has 2 heterocycles. The van der Waals surface area contributed by atoms with Crippen LogP contribution in [0, 0.1) is 0 Å². The molecule has 0 saturated heterocycles. The number of pyridine rings is 1. The molecule has 0 atom stereocenters. The Morgan fingerprint density at radius 3 is 1.83 bits per heavy atom. The van der Waals surface area contributed by atoms with Gasteiger partial charge in [-0.3, -0.25) is 4.90 Å². The highest BCUT2D eigenvalue weighted by atomic mass is 16.5. The number of fused-ring (bicyclic) bond motifs is 3. The first-order valence-corrected chi connectivity index (χ1v) is 16.0. The van der Waals surface area contributed by atoms with Gasteiger partial charge < -0.3 is 19.7 Å². The number of nitrogens with zero attached hydrogens (tertiary/aromatic N) is 2. The van der Waals surface area contributed by atoms with Crippen LogP contribution in [0.2, 0.25) is 0 Å². The van der Waals surface area contributed by atoms with Crippen molar-refractivity contribution in [3.63, 3.8) is 0 Å². The summed E-state index contributed by atoms with van der Waals surface area (Å²) in [6, 6.07) is 38.3. The minimum atomic E-state index is -0.133. The lowest BCUT2D eigenvalue weighted by Gasteiger charge is -2.19. The lowest BCUT2D eigenvalue weighted by molar-refractivity contribution is -0.644. The lowest BCUT2D eigenvalue weighted by atomic mass is 9.90. The molecule has 1 aliphatic heterocycles. The summed E-state index contributed by atoms with van der Waals surface area (Å²) in [4.78, 5) is 2.29. The lowest BCUT2D eigenvalue weighted by Crippen LogP contribution is -2.33. The number of methoxy groups -OCH3 is 2. The average molecular weight is 624 g/mol. The SMILES string of the molecule is COc1cc(Cc2cc(-c3ccccc3)cc(-c3ccccc3)c2)c(-c2cc3cc(CO)c(CO)cc3[n+]3c2N(C)CC3)cc1OC. The van der Waals surface area contributed by atoms with Gasteiger partial charge in [0, 0.05) is 5.39 Å². The fourth-order valence-electron chi connectivity index (χ4n) is 6.94. The van der Waals surface area contributed by atoms with Crippen LogP contribution in [-0.4, -0.2) is 38.0 Å². The van der Waals surface area contributed by atoms with Crippen LogP contribution in [-0.2, 0) is 26.2 Å². The molecule has 6 nitrogen and oxygen atoms in total. The minimum absolute atomic E-state index is 0.119. The van der Waals surface area contributed by atoms with Gasteiger partial charge in [0.05, 0.1) is 40.0 Å². The first-order chi connectivity index (χ1) is 23.0. The number of ether oxygens (including phenoxy) is 2. The number of benzene rings is 5. The quantitative estimate of drug-likeness (QED) is 0.167. The molecule has 47 heavy (non-hydrogen) atoms. The first kappa shape index (κ1) is 30.5. The summed E-state index contributed by atoms with van der Waals surface area (Å²) in [7, 11) is 5.48. The Morgan fingerprint density at radius 2 is 1.23 bits per heavy atom. The standard InChI is InChI=1S/C41H39N2O4/c1-42-14-15-43-38-22-35(26-45)34(25-44)20-33(38)21-37(41(42)43)36-24-40(47-3)39(46-2)23-32(36)18-27-16-30(28-10-6-4-7-11-28)19-31(17-27)29-12-8-5-9-13-29/h4-13,16-17,19-24,44-45H,14-15,18,25-26H2,1-3H3/q+1. The third-order valence-corrected chi connectivity index (χ3v) is 9.30. The van der Waals surface area contributed by atoms with Gasteiger partial charge in [-0.1, -0.05) is 72.8 Å². The number of anilines is 1. The van der Waals surface area contributed by atoms with E-state index in [1.165, 1.54) is 27.8 Å². The van der Waals surface area contributed by atoms with Gasteiger partial charge in [0.25, 0.3) is 5.82 Å². The van der Waals surface area contributed by atoms with Gasteiger partial charge in [-0.05, 0) is 92.9 Å². The molecule has 0 radical (unpaired) electrons. The molecule has 236 valence electrons. The van der Waals surface area contributed by atoms with Gasteiger partial charge in [0.2, 0.25) is 0 Å². The number of aromatic nitrogens is 1. The zero-order valence-corrected chi connectivity index (χ0v) is 27.0. The van der Waals surface area contributed by atoms with E-state index in [-0.39, 0.29) is 13.2 Å². The van der Waals surface area contributed by atoms with E-state index in [1.807, 2.05) is 24.3 Å². The maximum absolute atomic E-state index is 10.1. The maximum atomic E-state index is 10.1. The van der Waals surface area contributed by atoms with Gasteiger partial charge in [-0.2, -0.15) is 0 Å². The third-order valence-electron chi connectivity index (χ3n) is 9.30. The molecule has 0 unspecified atom stereocenters. The van der Waals surface area contributed by atoms with Crippen molar-refractivity contribution in [3.8, 4) is 44.9 Å².